The number of aromatic nitrogens is 3. The van der Waals surface area contributed by atoms with Gasteiger partial charge in [-0.2, -0.15) is 0 Å². The highest BCUT2D eigenvalue weighted by atomic mass is 16.3. The largest absolute Gasteiger partial charge is 0.493 e. The second kappa shape index (κ2) is 6.19. The van der Waals surface area contributed by atoms with Crippen molar-refractivity contribution in [2.75, 3.05) is 19.0 Å². The Morgan fingerprint density at radius 2 is 1.58 bits per heavy atom. The van der Waals surface area contributed by atoms with E-state index < -0.39 is 0 Å². The lowest BCUT2D eigenvalue weighted by Gasteiger charge is -2.13. The van der Waals surface area contributed by atoms with Crippen molar-refractivity contribution in [3.8, 4) is 28.4 Å². The van der Waals surface area contributed by atoms with Gasteiger partial charge in [-0.25, -0.2) is 9.97 Å². The van der Waals surface area contributed by atoms with Gasteiger partial charge in [-0.3, -0.25) is 4.40 Å². The molecule has 130 valence electrons. The molecule has 0 amide bonds. The second-order valence-electron chi connectivity index (χ2n) is 6.50. The van der Waals surface area contributed by atoms with E-state index in [0.29, 0.717) is 11.3 Å². The van der Waals surface area contributed by atoms with Crippen LogP contribution in [0.5, 0.6) is 5.88 Å². The topological polar surface area (TPSA) is 53.7 Å². The molecule has 0 bridgehead atoms. The summed E-state index contributed by atoms with van der Waals surface area (Å²) < 4.78 is 1.71. The number of hydrogen-bond donors (Lipinski definition) is 1. The molecule has 2 aromatic heterocycles. The van der Waals surface area contributed by atoms with E-state index in [1.165, 1.54) is 0 Å². The predicted molar refractivity (Wildman–Crippen MR) is 105 cm³/mol. The van der Waals surface area contributed by atoms with E-state index in [9.17, 15) is 5.11 Å². The van der Waals surface area contributed by atoms with Crippen molar-refractivity contribution in [3.63, 3.8) is 0 Å². The highest BCUT2D eigenvalue weighted by molar-refractivity contribution is 5.78. The average molecular weight is 344 g/mol. The van der Waals surface area contributed by atoms with Crippen LogP contribution in [0.2, 0.25) is 0 Å². The molecule has 0 saturated heterocycles. The van der Waals surface area contributed by atoms with Gasteiger partial charge in [-0.15, -0.1) is 0 Å². The first-order valence-electron chi connectivity index (χ1n) is 8.46. The summed E-state index contributed by atoms with van der Waals surface area (Å²) in [6.45, 7) is 1.79. The molecule has 0 fully saturated rings. The van der Waals surface area contributed by atoms with Crippen LogP contribution in [0.25, 0.3) is 28.2 Å². The number of anilines is 1. The zero-order valence-electron chi connectivity index (χ0n) is 15.0. The summed E-state index contributed by atoms with van der Waals surface area (Å²) in [5, 5.41) is 10.4. The van der Waals surface area contributed by atoms with Gasteiger partial charge in [0.05, 0.1) is 5.69 Å². The third-order valence-electron chi connectivity index (χ3n) is 4.48. The predicted octanol–water partition coefficient (Wildman–Crippen LogP) is 4.14. The molecule has 4 rings (SSSR count). The van der Waals surface area contributed by atoms with E-state index in [4.69, 9.17) is 4.98 Å². The van der Waals surface area contributed by atoms with Gasteiger partial charge in [0.1, 0.15) is 11.4 Å². The van der Waals surface area contributed by atoms with E-state index in [0.717, 1.165) is 28.2 Å². The Kier molecular flexibility index (Phi) is 3.84. The smallest absolute Gasteiger partial charge is 0.219 e. The van der Waals surface area contributed by atoms with Crippen molar-refractivity contribution in [3.05, 3.63) is 66.5 Å². The molecule has 5 nitrogen and oxygen atoms in total. The van der Waals surface area contributed by atoms with E-state index >= 15 is 0 Å². The molecule has 5 heteroatoms. The summed E-state index contributed by atoms with van der Waals surface area (Å²) in [7, 11) is 4.03. The van der Waals surface area contributed by atoms with E-state index in [1.54, 1.807) is 11.3 Å². The number of benzene rings is 2. The number of hydrogen-bond acceptors (Lipinski definition) is 4. The lowest BCUT2D eigenvalue weighted by Crippen LogP contribution is -2.08. The highest BCUT2D eigenvalue weighted by Gasteiger charge is 2.16. The normalized spacial score (nSPS) is 11.0. The lowest BCUT2D eigenvalue weighted by molar-refractivity contribution is 0.444. The van der Waals surface area contributed by atoms with Crippen LogP contribution in [0.1, 0.15) is 5.69 Å². The van der Waals surface area contributed by atoms with Gasteiger partial charge < -0.3 is 10.0 Å². The van der Waals surface area contributed by atoms with Crippen LogP contribution >= 0.6 is 0 Å². The molecule has 4 aromatic rings. The molecule has 0 aliphatic carbocycles. The Morgan fingerprint density at radius 3 is 2.23 bits per heavy atom. The summed E-state index contributed by atoms with van der Waals surface area (Å²) in [6.07, 6.45) is 1.84. The highest BCUT2D eigenvalue weighted by Crippen LogP contribution is 2.30. The maximum absolute atomic E-state index is 10.4. The molecule has 0 atom stereocenters. The third kappa shape index (κ3) is 2.67. The van der Waals surface area contributed by atoms with Crippen LogP contribution in [0.3, 0.4) is 0 Å². The maximum Gasteiger partial charge on any atom is 0.219 e. The monoisotopic (exact) mass is 344 g/mol. The molecule has 1 N–H and O–H groups in total. The van der Waals surface area contributed by atoms with Crippen molar-refractivity contribution in [1.82, 2.24) is 14.4 Å². The summed E-state index contributed by atoms with van der Waals surface area (Å²) >= 11 is 0. The van der Waals surface area contributed by atoms with Crippen LogP contribution in [-0.2, 0) is 0 Å². The minimum atomic E-state index is 0.144. The number of nitrogens with zero attached hydrogens (tertiary/aromatic N) is 4. The fourth-order valence-electron chi connectivity index (χ4n) is 3.01. The summed E-state index contributed by atoms with van der Waals surface area (Å²) in [5.74, 6) is 0.144. The van der Waals surface area contributed by atoms with Gasteiger partial charge >= 0.3 is 0 Å². The average Bonchev–Trinajstić information content (AvgIpc) is 2.96. The molecule has 0 unspecified atom stereocenters. The first-order valence-corrected chi connectivity index (χ1v) is 8.46. The van der Waals surface area contributed by atoms with Crippen molar-refractivity contribution in [2.45, 2.75) is 6.92 Å². The Labute approximate surface area is 152 Å². The van der Waals surface area contributed by atoms with Crippen LogP contribution < -0.4 is 4.90 Å². The zero-order chi connectivity index (χ0) is 18.3. The minimum absolute atomic E-state index is 0.144. The Morgan fingerprint density at radius 1 is 0.885 bits per heavy atom. The van der Waals surface area contributed by atoms with Gasteiger partial charge in [-0.05, 0) is 19.1 Å². The van der Waals surface area contributed by atoms with Crippen molar-refractivity contribution in [1.29, 1.82) is 0 Å². The molecule has 2 aromatic carbocycles. The van der Waals surface area contributed by atoms with Crippen LogP contribution in [0.4, 0.5) is 5.69 Å². The first-order chi connectivity index (χ1) is 12.5. The van der Waals surface area contributed by atoms with Gasteiger partial charge in [0.2, 0.25) is 5.88 Å². The molecule has 0 aliphatic rings. The number of aromatic hydroxyl groups is 1. The SMILES string of the molecule is Cc1nc2c(-c3ccccc3)nc(-c3ccc(N(C)C)cc3)cn2c1O. The number of rotatable bonds is 3. The van der Waals surface area contributed by atoms with Gasteiger partial charge in [0, 0.05) is 37.1 Å². The fourth-order valence-corrected chi connectivity index (χ4v) is 3.01. The van der Waals surface area contributed by atoms with Gasteiger partial charge in [0.25, 0.3) is 0 Å². The summed E-state index contributed by atoms with van der Waals surface area (Å²) in [5.41, 5.74) is 5.86. The molecule has 26 heavy (non-hydrogen) atoms. The molecule has 0 saturated carbocycles. The van der Waals surface area contributed by atoms with Crippen LogP contribution in [0.15, 0.2) is 60.8 Å². The summed E-state index contributed by atoms with van der Waals surface area (Å²) in [6, 6.07) is 18.1. The molecule has 0 radical (unpaired) electrons. The van der Waals surface area contributed by atoms with Crippen LogP contribution in [-0.4, -0.2) is 33.6 Å². The lowest BCUT2D eigenvalue weighted by atomic mass is 10.1. The molecule has 0 aliphatic heterocycles. The fraction of sp³-hybridized carbons (Fsp3) is 0.143. The molecular formula is C21H20N4O. The summed E-state index contributed by atoms with van der Waals surface area (Å²) in [4.78, 5) is 11.4. The molecular weight excluding hydrogens is 324 g/mol. The van der Waals surface area contributed by atoms with Gasteiger partial charge in [-0.1, -0.05) is 42.5 Å². The zero-order valence-corrected chi connectivity index (χ0v) is 15.0. The van der Waals surface area contributed by atoms with E-state index in [-0.39, 0.29) is 5.88 Å². The van der Waals surface area contributed by atoms with Gasteiger partial charge in [0.15, 0.2) is 5.65 Å². The first kappa shape index (κ1) is 16.1. The minimum Gasteiger partial charge on any atom is -0.493 e. The van der Waals surface area contributed by atoms with Crippen molar-refractivity contribution >= 4 is 11.3 Å². The van der Waals surface area contributed by atoms with E-state index in [1.807, 2.05) is 62.8 Å². The Bertz CT molecular complexity index is 1070. The quantitative estimate of drug-likeness (QED) is 0.607. The van der Waals surface area contributed by atoms with Crippen molar-refractivity contribution < 1.29 is 5.11 Å². The molecule has 0 spiro atoms. The number of aryl methyl sites for hydroxylation is 1. The number of imidazole rings is 1. The Balaban J connectivity index is 1.95. The maximum atomic E-state index is 10.4. The van der Waals surface area contributed by atoms with Crippen molar-refractivity contribution in [2.24, 2.45) is 0 Å². The van der Waals surface area contributed by atoms with E-state index in [2.05, 4.69) is 22.0 Å². The Hall–Kier alpha value is -3.34. The second-order valence-corrected chi connectivity index (χ2v) is 6.50. The van der Waals surface area contributed by atoms with Crippen LogP contribution in [0, 0.1) is 6.92 Å². The number of fused-ring (bicyclic) bond motifs is 1. The third-order valence-corrected chi connectivity index (χ3v) is 4.48. The standard InChI is InChI=1S/C21H20N4O/c1-14-21(26)25-13-18(15-9-11-17(12-10-15)24(2)3)23-19(20(25)22-14)16-7-5-4-6-8-16/h4-13,26H,1-3H3. The molecule has 2 heterocycles.